The molecule has 0 aliphatic carbocycles. The van der Waals surface area contributed by atoms with Crippen molar-refractivity contribution in [1.29, 1.82) is 0 Å². The van der Waals surface area contributed by atoms with Crippen molar-refractivity contribution in [3.63, 3.8) is 0 Å². The van der Waals surface area contributed by atoms with Crippen LogP contribution in [0.3, 0.4) is 0 Å². The number of halogens is 1. The van der Waals surface area contributed by atoms with E-state index in [1.54, 1.807) is 6.07 Å². The summed E-state index contributed by atoms with van der Waals surface area (Å²) < 4.78 is 33.5. The van der Waals surface area contributed by atoms with Crippen LogP contribution in [-0.4, -0.2) is 23.3 Å². The van der Waals surface area contributed by atoms with Crippen LogP contribution in [0.15, 0.2) is 23.1 Å². The Morgan fingerprint density at radius 2 is 2.06 bits per heavy atom. The van der Waals surface area contributed by atoms with E-state index < -0.39 is 10.1 Å². The molecule has 1 aromatic carbocycles. The van der Waals surface area contributed by atoms with E-state index in [0.29, 0.717) is 22.1 Å². The van der Waals surface area contributed by atoms with Crippen LogP contribution >= 0.6 is 22.6 Å². The minimum absolute atomic E-state index is 0. The van der Waals surface area contributed by atoms with Gasteiger partial charge in [0.1, 0.15) is 10.1 Å². The standard InChI is InChI=1S/C10H12INO4S.Na/c1-7-2-3-8(12-10(13)4-5-11)6-9(7)17(14,15)16;/h2-3,6H,4-5H2,1H3,(H,12,13)(H,14,15,16);/q;+1/p-1. The second-order valence-corrected chi connectivity index (χ2v) is 5.85. The van der Waals surface area contributed by atoms with Crippen molar-refractivity contribution < 1.29 is 47.3 Å². The van der Waals surface area contributed by atoms with Gasteiger partial charge in [-0.1, -0.05) is 28.7 Å². The Labute approximate surface area is 142 Å². The number of hydrogen-bond acceptors (Lipinski definition) is 4. The van der Waals surface area contributed by atoms with Gasteiger partial charge in [-0.15, -0.1) is 0 Å². The molecule has 0 fully saturated rings. The van der Waals surface area contributed by atoms with Crippen LogP contribution in [0, 0.1) is 6.92 Å². The van der Waals surface area contributed by atoms with Gasteiger partial charge < -0.3 is 9.87 Å². The summed E-state index contributed by atoms with van der Waals surface area (Å²) >= 11 is 2.06. The average molecular weight is 391 g/mol. The molecule has 0 aliphatic rings. The van der Waals surface area contributed by atoms with E-state index >= 15 is 0 Å². The van der Waals surface area contributed by atoms with Gasteiger partial charge >= 0.3 is 29.6 Å². The Balaban J connectivity index is 0.00000289. The first-order valence-corrected chi connectivity index (χ1v) is 7.70. The predicted octanol–water partition coefficient (Wildman–Crippen LogP) is -1.33. The molecule has 18 heavy (non-hydrogen) atoms. The maximum absolute atomic E-state index is 11.3. The first-order chi connectivity index (χ1) is 7.84. The normalized spacial score (nSPS) is 10.6. The van der Waals surface area contributed by atoms with Crippen LogP contribution in [0.25, 0.3) is 0 Å². The first kappa shape index (κ1) is 18.3. The Morgan fingerprint density at radius 3 is 2.56 bits per heavy atom. The van der Waals surface area contributed by atoms with E-state index in [1.807, 2.05) is 0 Å². The summed E-state index contributed by atoms with van der Waals surface area (Å²) in [6.07, 6.45) is 0.341. The van der Waals surface area contributed by atoms with Gasteiger partial charge in [0, 0.05) is 16.5 Å². The van der Waals surface area contributed by atoms with Gasteiger partial charge in [0.05, 0.1) is 4.90 Å². The largest absolute Gasteiger partial charge is 1.00 e. The number of rotatable bonds is 4. The number of hydrogen-bond donors (Lipinski definition) is 1. The fourth-order valence-corrected chi connectivity index (χ4v) is 2.48. The zero-order valence-corrected chi connectivity index (χ0v) is 15.0. The maximum atomic E-state index is 11.3. The topological polar surface area (TPSA) is 86.3 Å². The summed E-state index contributed by atoms with van der Waals surface area (Å²) in [5, 5.41) is 2.54. The van der Waals surface area contributed by atoms with Crippen molar-refractivity contribution >= 4 is 44.3 Å². The molecule has 8 heteroatoms. The fraction of sp³-hybridized carbons (Fsp3) is 0.300. The number of carbonyl (C=O) groups is 1. The molecule has 0 atom stereocenters. The second-order valence-electron chi connectivity index (χ2n) is 3.42. The molecule has 0 bridgehead atoms. The number of aryl methyl sites for hydroxylation is 1. The summed E-state index contributed by atoms with van der Waals surface area (Å²) in [6.45, 7) is 1.53. The molecule has 0 spiro atoms. The molecule has 0 saturated carbocycles. The fourth-order valence-electron chi connectivity index (χ4n) is 1.26. The van der Waals surface area contributed by atoms with E-state index in [1.165, 1.54) is 19.1 Å². The van der Waals surface area contributed by atoms with Gasteiger partial charge in [-0.2, -0.15) is 0 Å². The summed E-state index contributed by atoms with van der Waals surface area (Å²) in [7, 11) is -4.51. The number of anilines is 1. The van der Waals surface area contributed by atoms with Gasteiger partial charge in [0.25, 0.3) is 0 Å². The van der Waals surface area contributed by atoms with Gasteiger partial charge in [-0.3, -0.25) is 4.79 Å². The summed E-state index contributed by atoms with van der Waals surface area (Å²) in [5.41, 5.74) is 0.687. The molecule has 0 aromatic heterocycles. The smallest absolute Gasteiger partial charge is 0.744 e. The van der Waals surface area contributed by atoms with Crippen molar-refractivity contribution in [2.45, 2.75) is 18.2 Å². The molecule has 94 valence electrons. The molecule has 5 nitrogen and oxygen atoms in total. The number of nitrogens with one attached hydrogen (secondary N) is 1. The Bertz CT molecular complexity index is 533. The van der Waals surface area contributed by atoms with E-state index in [-0.39, 0.29) is 40.4 Å². The van der Waals surface area contributed by atoms with Crippen molar-refractivity contribution in [2.24, 2.45) is 0 Å². The van der Waals surface area contributed by atoms with Crippen molar-refractivity contribution in [1.82, 2.24) is 0 Å². The molecule has 0 aliphatic heterocycles. The summed E-state index contributed by atoms with van der Waals surface area (Å²) in [4.78, 5) is 11.0. The van der Waals surface area contributed by atoms with E-state index in [0.717, 1.165) is 0 Å². The third kappa shape index (κ3) is 5.54. The molecule has 1 amide bonds. The summed E-state index contributed by atoms with van der Waals surface area (Å²) in [6, 6.07) is 4.24. The molecule has 0 radical (unpaired) electrons. The Morgan fingerprint density at radius 1 is 1.44 bits per heavy atom. The van der Waals surface area contributed by atoms with Gasteiger partial charge in [0.2, 0.25) is 5.91 Å². The average Bonchev–Trinajstić information content (AvgIpc) is 2.19. The Kier molecular flexibility index (Phi) is 7.95. The van der Waals surface area contributed by atoms with Gasteiger partial charge in [-0.25, -0.2) is 8.42 Å². The molecule has 1 N–H and O–H groups in total. The van der Waals surface area contributed by atoms with Crippen LogP contribution in [0.2, 0.25) is 0 Å². The summed E-state index contributed by atoms with van der Waals surface area (Å²) in [5.74, 6) is -0.211. The number of carbonyl (C=O) groups excluding carboxylic acids is 1. The van der Waals surface area contributed by atoms with Crippen LogP contribution in [0.5, 0.6) is 0 Å². The van der Waals surface area contributed by atoms with Gasteiger partial charge in [0.15, 0.2) is 0 Å². The number of amides is 1. The second kappa shape index (κ2) is 7.81. The zero-order chi connectivity index (χ0) is 13.1. The quantitative estimate of drug-likeness (QED) is 0.298. The molecular weight excluding hydrogens is 380 g/mol. The van der Waals surface area contributed by atoms with Crippen LogP contribution in [0.1, 0.15) is 12.0 Å². The SMILES string of the molecule is Cc1ccc(NC(=O)CCI)cc1S(=O)(=O)[O-].[Na+]. The molecular formula is C10H11INNaO4S. The van der Waals surface area contributed by atoms with E-state index in [9.17, 15) is 17.8 Å². The molecule has 1 aromatic rings. The molecule has 0 heterocycles. The number of benzene rings is 1. The van der Waals surface area contributed by atoms with Crippen LogP contribution in [0.4, 0.5) is 5.69 Å². The minimum Gasteiger partial charge on any atom is -0.744 e. The van der Waals surface area contributed by atoms with Crippen LogP contribution < -0.4 is 34.9 Å². The number of alkyl halides is 1. The zero-order valence-electron chi connectivity index (χ0n) is 10.1. The van der Waals surface area contributed by atoms with Gasteiger partial charge in [-0.05, 0) is 24.6 Å². The molecule has 0 saturated heterocycles. The maximum Gasteiger partial charge on any atom is 1.00 e. The third-order valence-electron chi connectivity index (χ3n) is 2.06. The monoisotopic (exact) mass is 391 g/mol. The molecule has 0 unspecified atom stereocenters. The minimum atomic E-state index is -4.51. The third-order valence-corrected chi connectivity index (χ3v) is 3.58. The van der Waals surface area contributed by atoms with Crippen LogP contribution in [-0.2, 0) is 14.9 Å². The predicted molar refractivity (Wildman–Crippen MR) is 71.3 cm³/mol. The molecule has 1 rings (SSSR count). The van der Waals surface area contributed by atoms with Crippen molar-refractivity contribution in [3.05, 3.63) is 23.8 Å². The van der Waals surface area contributed by atoms with E-state index in [2.05, 4.69) is 27.9 Å². The van der Waals surface area contributed by atoms with E-state index in [4.69, 9.17) is 0 Å². The van der Waals surface area contributed by atoms with Crippen molar-refractivity contribution in [3.8, 4) is 0 Å². The first-order valence-electron chi connectivity index (χ1n) is 4.77. The Hall–Kier alpha value is 0.330. The van der Waals surface area contributed by atoms with Crippen molar-refractivity contribution in [2.75, 3.05) is 9.74 Å².